The third kappa shape index (κ3) is 7.63. The van der Waals surface area contributed by atoms with Gasteiger partial charge in [0.1, 0.15) is 17.4 Å². The summed E-state index contributed by atoms with van der Waals surface area (Å²) in [5.74, 6) is -0.356. The SMILES string of the molecule is CCOc1ccc(NC(=O)/C(C#N)=C/c2cc(I)c(Oc3ccc(C(F)(F)F)cc3[N+](=O)[O-])c(OCC)c2)cc1. The first-order valence-electron chi connectivity index (χ1n) is 11.6. The molecule has 1 amide bonds. The van der Waals surface area contributed by atoms with Crippen LogP contribution in [0.1, 0.15) is 25.0 Å². The molecule has 0 aliphatic heterocycles. The molecule has 0 fully saturated rings. The summed E-state index contributed by atoms with van der Waals surface area (Å²) in [4.78, 5) is 23.2. The number of benzene rings is 3. The number of carbonyl (C=O) groups excluding carboxylic acids is 1. The quantitative estimate of drug-likeness (QED) is 0.0788. The zero-order valence-corrected chi connectivity index (χ0v) is 23.2. The number of nitrogens with one attached hydrogen (secondary N) is 1. The van der Waals surface area contributed by atoms with Gasteiger partial charge in [-0.25, -0.2) is 0 Å². The van der Waals surface area contributed by atoms with E-state index in [-0.39, 0.29) is 23.7 Å². The lowest BCUT2D eigenvalue weighted by Gasteiger charge is -2.15. The molecule has 208 valence electrons. The number of halogens is 4. The van der Waals surface area contributed by atoms with Crippen LogP contribution in [0, 0.1) is 25.0 Å². The molecular weight excluding hydrogens is 646 g/mol. The summed E-state index contributed by atoms with van der Waals surface area (Å²) in [7, 11) is 0. The minimum absolute atomic E-state index is 0.0137. The fourth-order valence-electron chi connectivity index (χ4n) is 3.38. The fraction of sp³-hybridized carbons (Fsp3) is 0.185. The molecule has 0 aliphatic rings. The van der Waals surface area contributed by atoms with E-state index in [0.29, 0.717) is 39.3 Å². The number of anilines is 1. The lowest BCUT2D eigenvalue weighted by molar-refractivity contribution is -0.385. The van der Waals surface area contributed by atoms with Crippen molar-refractivity contribution in [1.82, 2.24) is 0 Å². The van der Waals surface area contributed by atoms with Crippen molar-refractivity contribution < 1.29 is 37.1 Å². The lowest BCUT2D eigenvalue weighted by atomic mass is 10.1. The topological polar surface area (TPSA) is 124 Å². The number of ether oxygens (including phenoxy) is 3. The Balaban J connectivity index is 1.93. The molecule has 0 saturated heterocycles. The second-order valence-corrected chi connectivity index (χ2v) is 9.05. The Kier molecular flexibility index (Phi) is 9.94. The number of hydrogen-bond acceptors (Lipinski definition) is 7. The van der Waals surface area contributed by atoms with Crippen molar-refractivity contribution in [3.05, 3.63) is 85.0 Å². The van der Waals surface area contributed by atoms with E-state index in [9.17, 15) is 33.3 Å². The van der Waals surface area contributed by atoms with Gasteiger partial charge in [-0.15, -0.1) is 0 Å². The Hall–Kier alpha value is -4.32. The first-order chi connectivity index (χ1) is 19.0. The zero-order valence-electron chi connectivity index (χ0n) is 21.0. The first-order valence-corrected chi connectivity index (χ1v) is 12.7. The standard InChI is InChI=1S/C27H21F3IN3O6/c1-3-38-20-8-6-19(7-9-20)33-26(35)17(15-32)11-16-12-21(31)25(24(13-16)39-4-2)40-23-10-5-18(27(28,29)30)14-22(23)34(36)37/h5-14H,3-4H2,1-2H3,(H,33,35)/b17-11+. The number of carbonyl (C=O) groups is 1. The molecule has 3 aromatic rings. The smallest absolute Gasteiger partial charge is 0.416 e. The molecular formula is C27H21F3IN3O6. The highest BCUT2D eigenvalue weighted by Crippen LogP contribution is 2.42. The highest BCUT2D eigenvalue weighted by atomic mass is 127. The molecule has 0 aliphatic carbocycles. The van der Waals surface area contributed by atoms with Crippen molar-refractivity contribution >= 4 is 45.9 Å². The van der Waals surface area contributed by atoms with E-state index < -0.39 is 34.0 Å². The van der Waals surface area contributed by atoms with Gasteiger partial charge in [0, 0.05) is 11.8 Å². The van der Waals surface area contributed by atoms with Gasteiger partial charge < -0.3 is 19.5 Å². The van der Waals surface area contributed by atoms with Crippen LogP contribution in [0.25, 0.3) is 6.08 Å². The molecule has 0 saturated carbocycles. The van der Waals surface area contributed by atoms with Crippen molar-refractivity contribution in [2.45, 2.75) is 20.0 Å². The summed E-state index contributed by atoms with van der Waals surface area (Å²) in [6.45, 7) is 4.15. The number of nitriles is 1. The normalized spacial score (nSPS) is 11.4. The van der Waals surface area contributed by atoms with Crippen molar-refractivity contribution in [3.63, 3.8) is 0 Å². The van der Waals surface area contributed by atoms with E-state index >= 15 is 0 Å². The fourth-order valence-corrected chi connectivity index (χ4v) is 4.12. The molecule has 40 heavy (non-hydrogen) atoms. The predicted octanol–water partition coefficient (Wildman–Crippen LogP) is 7.35. The van der Waals surface area contributed by atoms with Gasteiger partial charge in [-0.2, -0.15) is 18.4 Å². The molecule has 0 radical (unpaired) electrons. The first kappa shape index (κ1) is 30.2. The van der Waals surface area contributed by atoms with E-state index in [1.54, 1.807) is 31.2 Å². The van der Waals surface area contributed by atoms with E-state index in [2.05, 4.69) is 5.32 Å². The molecule has 0 heterocycles. The van der Waals surface area contributed by atoms with Crippen molar-refractivity contribution in [2.75, 3.05) is 18.5 Å². The highest BCUT2D eigenvalue weighted by molar-refractivity contribution is 14.1. The van der Waals surface area contributed by atoms with Gasteiger partial charge in [0.15, 0.2) is 11.5 Å². The minimum Gasteiger partial charge on any atom is -0.494 e. The molecule has 9 nitrogen and oxygen atoms in total. The Morgan fingerprint density at radius 1 is 1.07 bits per heavy atom. The van der Waals surface area contributed by atoms with Gasteiger partial charge >= 0.3 is 11.9 Å². The van der Waals surface area contributed by atoms with Crippen LogP contribution in [0.5, 0.6) is 23.0 Å². The molecule has 0 aromatic heterocycles. The lowest BCUT2D eigenvalue weighted by Crippen LogP contribution is -2.13. The van der Waals surface area contributed by atoms with E-state index in [0.717, 1.165) is 6.07 Å². The van der Waals surface area contributed by atoms with Crippen LogP contribution in [-0.2, 0) is 11.0 Å². The van der Waals surface area contributed by atoms with Crippen LogP contribution in [0.4, 0.5) is 24.5 Å². The molecule has 13 heteroatoms. The Morgan fingerprint density at radius 3 is 2.33 bits per heavy atom. The van der Waals surface area contributed by atoms with Crippen LogP contribution in [0.3, 0.4) is 0 Å². The number of rotatable bonds is 10. The third-order valence-electron chi connectivity index (χ3n) is 5.13. The predicted molar refractivity (Wildman–Crippen MR) is 148 cm³/mol. The van der Waals surface area contributed by atoms with Gasteiger partial charge in [0.05, 0.1) is 27.3 Å². The summed E-state index contributed by atoms with van der Waals surface area (Å²) in [6.07, 6.45) is -3.46. The van der Waals surface area contributed by atoms with Gasteiger partial charge in [-0.3, -0.25) is 14.9 Å². The van der Waals surface area contributed by atoms with Gasteiger partial charge in [-0.1, -0.05) is 0 Å². The second-order valence-electron chi connectivity index (χ2n) is 7.88. The number of hydrogen-bond donors (Lipinski definition) is 1. The number of nitro benzene ring substituents is 1. The maximum Gasteiger partial charge on any atom is 0.416 e. The summed E-state index contributed by atoms with van der Waals surface area (Å²) >= 11 is 1.85. The van der Waals surface area contributed by atoms with E-state index in [1.165, 1.54) is 18.2 Å². The van der Waals surface area contributed by atoms with Crippen LogP contribution in [-0.4, -0.2) is 24.0 Å². The number of nitrogens with zero attached hydrogens (tertiary/aromatic N) is 2. The zero-order chi connectivity index (χ0) is 29.4. The van der Waals surface area contributed by atoms with Crippen LogP contribution in [0.2, 0.25) is 0 Å². The Labute approximate surface area is 240 Å². The van der Waals surface area contributed by atoms with Crippen LogP contribution in [0.15, 0.2) is 60.2 Å². The van der Waals surface area contributed by atoms with Crippen molar-refractivity contribution in [1.29, 1.82) is 5.26 Å². The average molecular weight is 667 g/mol. The molecule has 0 atom stereocenters. The largest absolute Gasteiger partial charge is 0.494 e. The number of amides is 1. The van der Waals surface area contributed by atoms with Crippen LogP contribution < -0.4 is 19.5 Å². The number of nitro groups is 1. The van der Waals surface area contributed by atoms with Gasteiger partial charge in [0.25, 0.3) is 5.91 Å². The molecule has 3 rings (SSSR count). The molecule has 0 bridgehead atoms. The third-order valence-corrected chi connectivity index (χ3v) is 5.93. The molecule has 0 spiro atoms. The van der Waals surface area contributed by atoms with Crippen LogP contribution >= 0.6 is 22.6 Å². The Bertz CT molecular complexity index is 1480. The molecule has 0 unspecified atom stereocenters. The average Bonchev–Trinajstić information content (AvgIpc) is 2.90. The minimum atomic E-state index is -4.78. The van der Waals surface area contributed by atoms with Gasteiger partial charge in [0.2, 0.25) is 5.75 Å². The van der Waals surface area contributed by atoms with E-state index in [4.69, 9.17) is 14.2 Å². The Morgan fingerprint density at radius 2 is 1.75 bits per heavy atom. The monoisotopic (exact) mass is 667 g/mol. The van der Waals surface area contributed by atoms with Crippen molar-refractivity contribution in [2.24, 2.45) is 0 Å². The highest BCUT2D eigenvalue weighted by Gasteiger charge is 2.33. The summed E-state index contributed by atoms with van der Waals surface area (Å²) in [5, 5.41) is 23.7. The summed E-state index contributed by atoms with van der Waals surface area (Å²) in [6, 6.07) is 13.3. The molecule has 3 aromatic carbocycles. The van der Waals surface area contributed by atoms with E-state index in [1.807, 2.05) is 35.6 Å². The molecule has 1 N–H and O–H groups in total. The second kappa shape index (κ2) is 13.2. The maximum atomic E-state index is 13.1. The maximum absolute atomic E-state index is 13.1. The summed E-state index contributed by atoms with van der Waals surface area (Å²) in [5.41, 5.74) is -1.48. The van der Waals surface area contributed by atoms with Gasteiger partial charge in [-0.05, 0) is 96.6 Å². The van der Waals surface area contributed by atoms with Crippen molar-refractivity contribution in [3.8, 4) is 29.1 Å². The number of alkyl halides is 3. The summed E-state index contributed by atoms with van der Waals surface area (Å²) < 4.78 is 56.2.